The van der Waals surface area contributed by atoms with Crippen molar-refractivity contribution in [1.29, 1.82) is 0 Å². The van der Waals surface area contributed by atoms with Crippen molar-refractivity contribution >= 4 is 32.2 Å². The quantitative estimate of drug-likeness (QED) is 0.208. The maximum atomic E-state index is 11.6. The lowest BCUT2D eigenvalue weighted by Gasteiger charge is -2.13. The van der Waals surface area contributed by atoms with Gasteiger partial charge in [-0.3, -0.25) is 18.0 Å². The van der Waals surface area contributed by atoms with E-state index >= 15 is 0 Å². The van der Waals surface area contributed by atoms with Gasteiger partial charge in [-0.2, -0.15) is 16.8 Å². The van der Waals surface area contributed by atoms with Crippen LogP contribution in [0.3, 0.4) is 0 Å². The number of carbonyl (C=O) groups is 2. The largest absolute Gasteiger partial charge is 0.444 e. The van der Waals surface area contributed by atoms with Gasteiger partial charge in [0.05, 0.1) is 13.2 Å². The van der Waals surface area contributed by atoms with Crippen LogP contribution >= 0.6 is 0 Å². The molecule has 2 atom stereocenters. The lowest BCUT2D eigenvalue weighted by atomic mass is 10.1. The highest BCUT2D eigenvalue weighted by Crippen LogP contribution is 2.12. The number of esters is 2. The first-order valence-corrected chi connectivity index (χ1v) is 12.1. The molecule has 0 heterocycles. The minimum absolute atomic E-state index is 0.0387. The second-order valence-corrected chi connectivity index (χ2v) is 9.60. The van der Waals surface area contributed by atoms with Gasteiger partial charge in [0.15, 0.2) is 0 Å². The highest BCUT2D eigenvalue weighted by molar-refractivity contribution is 7.87. The number of carbonyl (C=O) groups excluding carboxylic acids is 2. The van der Waals surface area contributed by atoms with Crippen LogP contribution in [-0.2, 0) is 47.7 Å². The molecule has 0 amide bonds. The third-order valence-electron chi connectivity index (χ3n) is 3.48. The normalized spacial score (nSPS) is 14.3. The molecule has 0 bridgehead atoms. The van der Waals surface area contributed by atoms with Crippen molar-refractivity contribution < 1.29 is 44.3 Å². The van der Waals surface area contributed by atoms with Crippen LogP contribution in [0.1, 0.15) is 66.2 Å². The summed E-state index contributed by atoms with van der Waals surface area (Å²) in [6, 6.07) is 0. The predicted octanol–water partition coefficient (Wildman–Crippen LogP) is 1.84. The zero-order chi connectivity index (χ0) is 21.8. The molecule has 0 N–H and O–H groups in total. The van der Waals surface area contributed by atoms with Crippen LogP contribution in [0.2, 0.25) is 0 Å². The summed E-state index contributed by atoms with van der Waals surface area (Å²) in [5.74, 6) is -1.30. The molecule has 0 aromatic rings. The van der Waals surface area contributed by atoms with E-state index in [4.69, 9.17) is 9.47 Å². The van der Waals surface area contributed by atoms with E-state index in [2.05, 4.69) is 8.37 Å². The topological polar surface area (TPSA) is 139 Å². The van der Waals surface area contributed by atoms with E-state index in [9.17, 15) is 26.4 Å². The summed E-state index contributed by atoms with van der Waals surface area (Å²) >= 11 is 0. The van der Waals surface area contributed by atoms with Crippen molar-refractivity contribution in [2.24, 2.45) is 0 Å². The molecule has 0 saturated carbocycles. The third kappa shape index (κ3) is 10.9. The van der Waals surface area contributed by atoms with Gasteiger partial charge in [-0.25, -0.2) is 0 Å². The van der Waals surface area contributed by atoms with E-state index < -0.39 is 43.0 Å². The Bertz CT molecular complexity index is 624. The highest BCUT2D eigenvalue weighted by atomic mass is 32.2. The van der Waals surface area contributed by atoms with E-state index in [0.717, 1.165) is 0 Å². The Morgan fingerprint density at radius 1 is 0.679 bits per heavy atom. The first kappa shape index (κ1) is 26.8. The van der Waals surface area contributed by atoms with E-state index in [-0.39, 0.29) is 26.1 Å². The first-order chi connectivity index (χ1) is 13.0. The lowest BCUT2D eigenvalue weighted by molar-refractivity contribution is -0.146. The Kier molecular flexibility index (Phi) is 12.5. The number of ether oxygens (including phenoxy) is 2. The van der Waals surface area contributed by atoms with Crippen LogP contribution in [-0.4, -0.2) is 52.9 Å². The minimum atomic E-state index is -3.92. The molecular formula is C16H30O10S2. The van der Waals surface area contributed by atoms with E-state index in [0.29, 0.717) is 25.7 Å². The second-order valence-electron chi connectivity index (χ2n) is 5.83. The lowest BCUT2D eigenvalue weighted by Crippen LogP contribution is -2.26. The molecule has 2 unspecified atom stereocenters. The molecule has 0 radical (unpaired) electrons. The first-order valence-electron chi connectivity index (χ1n) is 9.11. The molecule has 0 aliphatic heterocycles. The molecule has 0 fully saturated rings. The molecule has 0 aromatic heterocycles. The van der Waals surface area contributed by atoms with Crippen LogP contribution in [0.4, 0.5) is 0 Å². The summed E-state index contributed by atoms with van der Waals surface area (Å²) < 4.78 is 64.8. The zero-order valence-electron chi connectivity index (χ0n) is 16.7. The Hall–Kier alpha value is -1.24. The molecule has 12 heteroatoms. The molecule has 0 saturated heterocycles. The van der Waals surface area contributed by atoms with Gasteiger partial charge < -0.3 is 9.47 Å². The Balaban J connectivity index is 3.97. The summed E-state index contributed by atoms with van der Waals surface area (Å²) in [5.41, 5.74) is -2.74. The number of unbranched alkanes of at least 4 members (excludes halogenated alkanes) is 3. The van der Waals surface area contributed by atoms with E-state index in [1.54, 1.807) is 0 Å². The Labute approximate surface area is 167 Å². The summed E-state index contributed by atoms with van der Waals surface area (Å²) in [4.78, 5) is 23.3. The molecule has 0 aliphatic rings. The average Bonchev–Trinajstić information content (AvgIpc) is 2.57. The fourth-order valence-electron chi connectivity index (χ4n) is 2.02. The highest BCUT2D eigenvalue weighted by Gasteiger charge is 2.25. The smallest absolute Gasteiger partial charge is 0.307 e. The predicted molar refractivity (Wildman–Crippen MR) is 99.9 cm³/mol. The third-order valence-corrected chi connectivity index (χ3v) is 6.43. The standard InChI is InChI=1S/C16H30O10S2/c1-5-23-27(19,20)13(3)25-15(17)11-9-7-8-10-12-16(18)26-14(4)28(21,22)24-6-2/h13-14H,5-12H2,1-4H3. The van der Waals surface area contributed by atoms with Gasteiger partial charge in [0.25, 0.3) is 0 Å². The van der Waals surface area contributed by atoms with Crippen molar-refractivity contribution in [1.82, 2.24) is 0 Å². The number of rotatable bonds is 15. The fourth-order valence-corrected chi connectivity index (χ4v) is 3.51. The van der Waals surface area contributed by atoms with Crippen molar-refractivity contribution in [3.05, 3.63) is 0 Å². The van der Waals surface area contributed by atoms with Crippen molar-refractivity contribution in [2.75, 3.05) is 13.2 Å². The maximum Gasteiger partial charge on any atom is 0.307 e. The molecule has 0 aromatic carbocycles. The Morgan fingerprint density at radius 3 is 1.29 bits per heavy atom. The van der Waals surface area contributed by atoms with Gasteiger partial charge in [-0.15, -0.1) is 0 Å². The zero-order valence-corrected chi connectivity index (χ0v) is 18.3. The molecule has 166 valence electrons. The molecule has 0 spiro atoms. The van der Waals surface area contributed by atoms with Crippen molar-refractivity contribution in [2.45, 2.75) is 77.1 Å². The number of hydrogen-bond donors (Lipinski definition) is 0. The van der Waals surface area contributed by atoms with Gasteiger partial charge in [0.1, 0.15) is 0 Å². The van der Waals surface area contributed by atoms with Crippen LogP contribution < -0.4 is 0 Å². The SMILES string of the molecule is CCOS(=O)(=O)C(C)OC(=O)CCCCCCC(=O)OC(C)S(=O)(=O)OCC. The molecule has 10 nitrogen and oxygen atoms in total. The minimum Gasteiger partial charge on any atom is -0.444 e. The van der Waals surface area contributed by atoms with Crippen LogP contribution in [0.25, 0.3) is 0 Å². The molecular weight excluding hydrogens is 416 g/mol. The van der Waals surface area contributed by atoms with Gasteiger partial charge in [0, 0.05) is 12.8 Å². The van der Waals surface area contributed by atoms with Crippen LogP contribution in [0.5, 0.6) is 0 Å². The number of hydrogen-bond acceptors (Lipinski definition) is 10. The molecule has 0 rings (SSSR count). The monoisotopic (exact) mass is 446 g/mol. The molecule has 0 aliphatic carbocycles. The van der Waals surface area contributed by atoms with Crippen LogP contribution in [0, 0.1) is 0 Å². The van der Waals surface area contributed by atoms with E-state index in [1.165, 1.54) is 27.7 Å². The summed E-state index contributed by atoms with van der Waals surface area (Å²) in [7, 11) is -7.85. The van der Waals surface area contributed by atoms with Gasteiger partial charge in [-0.05, 0) is 40.5 Å². The van der Waals surface area contributed by atoms with Gasteiger partial charge in [0.2, 0.25) is 10.9 Å². The summed E-state index contributed by atoms with van der Waals surface area (Å²) in [5, 5.41) is 0. The van der Waals surface area contributed by atoms with Crippen LogP contribution in [0.15, 0.2) is 0 Å². The van der Waals surface area contributed by atoms with Gasteiger partial charge in [-0.1, -0.05) is 12.8 Å². The maximum absolute atomic E-state index is 11.6. The van der Waals surface area contributed by atoms with Crippen molar-refractivity contribution in [3.63, 3.8) is 0 Å². The summed E-state index contributed by atoms with van der Waals surface area (Å²) in [6.07, 6.45) is 2.23. The fraction of sp³-hybridized carbons (Fsp3) is 0.875. The van der Waals surface area contributed by atoms with Crippen molar-refractivity contribution in [3.8, 4) is 0 Å². The second kappa shape index (κ2) is 13.1. The Morgan fingerprint density at radius 2 is 1.00 bits per heavy atom. The average molecular weight is 447 g/mol. The molecule has 28 heavy (non-hydrogen) atoms. The van der Waals surface area contributed by atoms with Gasteiger partial charge >= 0.3 is 32.2 Å². The summed E-state index contributed by atoms with van der Waals surface area (Å²) in [6.45, 7) is 5.40. The van der Waals surface area contributed by atoms with E-state index in [1.807, 2.05) is 0 Å².